The molecule has 2 amide bonds. The van der Waals surface area contributed by atoms with E-state index in [0.29, 0.717) is 25.9 Å². The molecule has 0 spiro atoms. The van der Waals surface area contributed by atoms with Gasteiger partial charge in [0.2, 0.25) is 11.8 Å². The molecule has 6 nitrogen and oxygen atoms in total. The SMILES string of the molecule is COc1ccc(CN2C(=O)[C@@H]3CC[C@H](N)[C@H]2C(=O)N3Cc2ccccc2)cc1. The van der Waals surface area contributed by atoms with Crippen molar-refractivity contribution in [1.29, 1.82) is 0 Å². The third-order valence-corrected chi connectivity index (χ3v) is 5.70. The molecule has 146 valence electrons. The molecule has 0 saturated carbocycles. The molecule has 0 aliphatic carbocycles. The molecule has 2 N–H and O–H groups in total. The van der Waals surface area contributed by atoms with E-state index in [1.807, 2.05) is 54.6 Å². The fraction of sp³-hybridized carbons (Fsp3) is 0.364. The van der Waals surface area contributed by atoms with Gasteiger partial charge in [0.1, 0.15) is 17.8 Å². The van der Waals surface area contributed by atoms with Gasteiger partial charge in [-0.15, -0.1) is 0 Å². The number of fused-ring (bicyclic) bond motifs is 4. The predicted octanol–water partition coefficient (Wildman–Crippen LogP) is 1.92. The minimum Gasteiger partial charge on any atom is -0.497 e. The number of nitrogens with zero attached hydrogens (tertiary/aromatic N) is 2. The Labute approximate surface area is 164 Å². The number of benzene rings is 2. The van der Waals surface area contributed by atoms with E-state index >= 15 is 0 Å². The predicted molar refractivity (Wildman–Crippen MR) is 105 cm³/mol. The van der Waals surface area contributed by atoms with Crippen LogP contribution >= 0.6 is 0 Å². The van der Waals surface area contributed by atoms with Crippen LogP contribution in [0.4, 0.5) is 0 Å². The average Bonchev–Trinajstić information content (AvgIpc) is 2.91. The smallest absolute Gasteiger partial charge is 0.247 e. The number of carbonyl (C=O) groups excluding carboxylic acids is 2. The van der Waals surface area contributed by atoms with E-state index in [1.165, 1.54) is 0 Å². The molecule has 5 rings (SSSR count). The topological polar surface area (TPSA) is 75.9 Å². The fourth-order valence-corrected chi connectivity index (χ4v) is 4.19. The second kappa shape index (κ2) is 7.64. The van der Waals surface area contributed by atoms with Gasteiger partial charge in [-0.05, 0) is 36.1 Å². The molecule has 2 aromatic rings. The molecule has 0 unspecified atom stereocenters. The molecule has 0 radical (unpaired) electrons. The van der Waals surface area contributed by atoms with Gasteiger partial charge >= 0.3 is 0 Å². The third-order valence-electron chi connectivity index (χ3n) is 5.70. The van der Waals surface area contributed by atoms with Crippen LogP contribution < -0.4 is 10.5 Å². The molecule has 3 atom stereocenters. The zero-order valence-electron chi connectivity index (χ0n) is 16.0. The molecule has 2 bridgehead atoms. The number of carbonyl (C=O) groups is 2. The Morgan fingerprint density at radius 2 is 1.54 bits per heavy atom. The van der Waals surface area contributed by atoms with E-state index in [4.69, 9.17) is 10.5 Å². The van der Waals surface area contributed by atoms with E-state index in [2.05, 4.69) is 0 Å². The first-order valence-corrected chi connectivity index (χ1v) is 9.62. The van der Waals surface area contributed by atoms with Crippen LogP contribution in [-0.4, -0.2) is 46.8 Å². The molecule has 3 fully saturated rings. The van der Waals surface area contributed by atoms with Crippen LogP contribution in [0.5, 0.6) is 5.75 Å². The van der Waals surface area contributed by atoms with E-state index in [1.54, 1.807) is 16.9 Å². The summed E-state index contributed by atoms with van der Waals surface area (Å²) in [5.74, 6) is 0.700. The molecular weight excluding hydrogens is 354 g/mol. The number of hydrogen-bond donors (Lipinski definition) is 1. The summed E-state index contributed by atoms with van der Waals surface area (Å²) < 4.78 is 5.19. The van der Waals surface area contributed by atoms with Crippen molar-refractivity contribution in [2.75, 3.05) is 7.11 Å². The minimum absolute atomic E-state index is 0.00991. The summed E-state index contributed by atoms with van der Waals surface area (Å²) in [5, 5.41) is 0. The lowest BCUT2D eigenvalue weighted by Crippen LogP contribution is -2.65. The lowest BCUT2D eigenvalue weighted by Gasteiger charge is -2.43. The van der Waals surface area contributed by atoms with Gasteiger partial charge in [0.25, 0.3) is 0 Å². The maximum absolute atomic E-state index is 13.3. The lowest BCUT2D eigenvalue weighted by molar-refractivity contribution is -0.162. The molecule has 28 heavy (non-hydrogen) atoms. The van der Waals surface area contributed by atoms with Gasteiger partial charge in [-0.1, -0.05) is 42.5 Å². The van der Waals surface area contributed by atoms with Crippen molar-refractivity contribution in [1.82, 2.24) is 9.80 Å². The number of nitrogens with two attached hydrogens (primary N) is 1. The lowest BCUT2D eigenvalue weighted by atomic mass is 10.0. The average molecular weight is 379 g/mol. The van der Waals surface area contributed by atoms with Crippen LogP contribution in [0.2, 0.25) is 0 Å². The molecule has 2 aromatic carbocycles. The van der Waals surface area contributed by atoms with E-state index in [0.717, 1.165) is 16.9 Å². The number of hydrogen-bond acceptors (Lipinski definition) is 4. The van der Waals surface area contributed by atoms with Gasteiger partial charge in [0.05, 0.1) is 7.11 Å². The van der Waals surface area contributed by atoms with E-state index in [-0.39, 0.29) is 17.9 Å². The molecule has 3 saturated heterocycles. The monoisotopic (exact) mass is 379 g/mol. The number of ether oxygens (including phenoxy) is 1. The molecule has 6 heteroatoms. The summed E-state index contributed by atoms with van der Waals surface area (Å²) in [6.45, 7) is 0.818. The van der Waals surface area contributed by atoms with Crippen LogP contribution in [0.15, 0.2) is 54.6 Å². The van der Waals surface area contributed by atoms with Crippen LogP contribution in [-0.2, 0) is 22.7 Å². The van der Waals surface area contributed by atoms with Crippen molar-refractivity contribution in [2.24, 2.45) is 5.73 Å². The van der Waals surface area contributed by atoms with Crippen LogP contribution in [0, 0.1) is 0 Å². The standard InChI is InChI=1S/C22H25N3O3/c1-28-17-9-7-16(8-10-17)14-25-20-18(23)11-12-19(21(25)26)24(22(20)27)13-15-5-3-2-4-6-15/h2-10,18-20H,11-14,23H2,1H3/t18-,19-,20-/m0/s1. The van der Waals surface area contributed by atoms with Crippen molar-refractivity contribution in [3.05, 3.63) is 65.7 Å². The largest absolute Gasteiger partial charge is 0.497 e. The Bertz CT molecular complexity index is 853. The highest BCUT2D eigenvalue weighted by Gasteiger charge is 2.50. The molecular formula is C22H25N3O3. The molecule has 3 aliphatic heterocycles. The molecule has 3 aliphatic rings. The highest BCUT2D eigenvalue weighted by atomic mass is 16.5. The van der Waals surface area contributed by atoms with Gasteiger partial charge in [-0.25, -0.2) is 0 Å². The van der Waals surface area contributed by atoms with Crippen LogP contribution in [0.1, 0.15) is 24.0 Å². The van der Waals surface area contributed by atoms with Crippen LogP contribution in [0.25, 0.3) is 0 Å². The first kappa shape index (κ1) is 18.5. The van der Waals surface area contributed by atoms with E-state index < -0.39 is 12.1 Å². The Morgan fingerprint density at radius 3 is 2.21 bits per heavy atom. The number of rotatable bonds is 5. The Balaban J connectivity index is 1.60. The summed E-state index contributed by atoms with van der Waals surface area (Å²) in [6.07, 6.45) is 1.27. The first-order valence-electron chi connectivity index (χ1n) is 9.62. The summed E-state index contributed by atoms with van der Waals surface area (Å²) in [7, 11) is 1.62. The summed E-state index contributed by atoms with van der Waals surface area (Å²) in [5.41, 5.74) is 8.33. The summed E-state index contributed by atoms with van der Waals surface area (Å²) >= 11 is 0. The van der Waals surface area contributed by atoms with Gasteiger partial charge < -0.3 is 20.3 Å². The minimum atomic E-state index is -0.614. The Morgan fingerprint density at radius 1 is 0.893 bits per heavy atom. The number of methoxy groups -OCH3 is 1. The number of amides is 2. The Kier molecular flexibility index (Phi) is 5.05. The highest BCUT2D eigenvalue weighted by Crippen LogP contribution is 2.31. The van der Waals surface area contributed by atoms with Crippen molar-refractivity contribution in [2.45, 2.75) is 44.1 Å². The highest BCUT2D eigenvalue weighted by molar-refractivity contribution is 5.98. The van der Waals surface area contributed by atoms with Gasteiger partial charge in [0, 0.05) is 19.1 Å². The van der Waals surface area contributed by atoms with Gasteiger partial charge in [-0.3, -0.25) is 9.59 Å². The maximum atomic E-state index is 13.3. The maximum Gasteiger partial charge on any atom is 0.247 e. The normalized spacial score (nSPS) is 24.4. The zero-order valence-corrected chi connectivity index (χ0v) is 16.0. The fourth-order valence-electron chi connectivity index (χ4n) is 4.19. The third kappa shape index (κ3) is 3.36. The van der Waals surface area contributed by atoms with Crippen molar-refractivity contribution in [3.8, 4) is 5.75 Å². The van der Waals surface area contributed by atoms with Gasteiger partial charge in [-0.2, -0.15) is 0 Å². The second-order valence-corrected chi connectivity index (χ2v) is 7.47. The summed E-state index contributed by atoms with van der Waals surface area (Å²) in [4.78, 5) is 30.0. The number of piperazine rings is 1. The van der Waals surface area contributed by atoms with E-state index in [9.17, 15) is 9.59 Å². The second-order valence-electron chi connectivity index (χ2n) is 7.47. The van der Waals surface area contributed by atoms with Gasteiger partial charge in [0.15, 0.2) is 0 Å². The van der Waals surface area contributed by atoms with Crippen molar-refractivity contribution < 1.29 is 14.3 Å². The van der Waals surface area contributed by atoms with Crippen molar-refractivity contribution in [3.63, 3.8) is 0 Å². The molecule has 0 aromatic heterocycles. The summed E-state index contributed by atoms with van der Waals surface area (Å²) in [6, 6.07) is 15.9. The van der Waals surface area contributed by atoms with Crippen molar-refractivity contribution >= 4 is 11.8 Å². The first-order chi connectivity index (χ1) is 13.6. The van der Waals surface area contributed by atoms with Crippen LogP contribution in [0.3, 0.4) is 0 Å². The zero-order chi connectivity index (χ0) is 19.7. The quantitative estimate of drug-likeness (QED) is 0.861. The Hall–Kier alpha value is -2.86. The molecule has 3 heterocycles.